The number of carboxylic acids is 1. The third kappa shape index (κ3) is 13.3. The van der Waals surface area contributed by atoms with Crippen molar-refractivity contribution in [1.29, 1.82) is 0 Å². The van der Waals surface area contributed by atoms with Gasteiger partial charge in [0.05, 0.1) is 19.7 Å². The van der Waals surface area contributed by atoms with Crippen molar-refractivity contribution < 1.29 is 39.0 Å². The van der Waals surface area contributed by atoms with Gasteiger partial charge in [-0.1, -0.05) is 41.5 Å². The maximum Gasteiger partial charge on any atom is 0.326 e. The molecule has 0 radical (unpaired) electrons. The smallest absolute Gasteiger partial charge is 0.326 e. The van der Waals surface area contributed by atoms with Crippen molar-refractivity contribution in [1.82, 2.24) is 26.6 Å². The average molecular weight is 545 g/mol. The van der Waals surface area contributed by atoms with E-state index in [1.54, 1.807) is 13.8 Å². The molecule has 0 aliphatic heterocycles. The molecule has 9 N–H and O–H groups in total. The molecule has 0 aromatic heterocycles. The van der Waals surface area contributed by atoms with Crippen LogP contribution in [-0.4, -0.2) is 89.6 Å². The standard InChI is InChI=1S/C24H44N6O8/c1-12(2)7-15(28-22(35)17(11-31)27-19(33)10-26-18(32)9-25)21(34)30-20(14(5)6)23(36)29-16(24(37)38)8-13(3)4/h12-17,20,31H,7-11,25H2,1-6H3,(H,26,32)(H,27,33)(H,28,35)(H,29,36)(H,30,34)(H,37,38)/t15-,16-,17-,20-/m0/s1. The Morgan fingerprint density at radius 2 is 1.18 bits per heavy atom. The van der Waals surface area contributed by atoms with Crippen molar-refractivity contribution in [3.63, 3.8) is 0 Å². The zero-order valence-corrected chi connectivity index (χ0v) is 23.0. The van der Waals surface area contributed by atoms with Crippen LogP contribution >= 0.6 is 0 Å². The second-order valence-electron chi connectivity index (χ2n) is 10.2. The fourth-order valence-electron chi connectivity index (χ4n) is 3.41. The van der Waals surface area contributed by atoms with E-state index in [4.69, 9.17) is 5.73 Å². The van der Waals surface area contributed by atoms with Crippen LogP contribution in [0.4, 0.5) is 0 Å². The predicted molar refractivity (Wildman–Crippen MR) is 138 cm³/mol. The topological polar surface area (TPSA) is 229 Å². The Morgan fingerprint density at radius 3 is 1.63 bits per heavy atom. The molecule has 14 nitrogen and oxygen atoms in total. The van der Waals surface area contributed by atoms with Gasteiger partial charge in [0, 0.05) is 0 Å². The summed E-state index contributed by atoms with van der Waals surface area (Å²) in [7, 11) is 0. The third-order valence-electron chi connectivity index (χ3n) is 5.37. The number of amides is 5. The van der Waals surface area contributed by atoms with Gasteiger partial charge < -0.3 is 42.5 Å². The molecule has 0 saturated carbocycles. The van der Waals surface area contributed by atoms with E-state index in [1.807, 2.05) is 27.7 Å². The summed E-state index contributed by atoms with van der Waals surface area (Å²) < 4.78 is 0. The molecule has 0 bridgehead atoms. The Kier molecular flexibility index (Phi) is 15.8. The third-order valence-corrected chi connectivity index (χ3v) is 5.37. The number of carboxylic acid groups (broad SMARTS) is 1. The first-order valence-electron chi connectivity index (χ1n) is 12.6. The van der Waals surface area contributed by atoms with Crippen molar-refractivity contribution in [3.8, 4) is 0 Å². The van der Waals surface area contributed by atoms with Crippen molar-refractivity contribution >= 4 is 35.5 Å². The van der Waals surface area contributed by atoms with Crippen molar-refractivity contribution in [3.05, 3.63) is 0 Å². The highest BCUT2D eigenvalue weighted by Gasteiger charge is 2.33. The Hall–Kier alpha value is -3.26. The highest BCUT2D eigenvalue weighted by Crippen LogP contribution is 2.10. The lowest BCUT2D eigenvalue weighted by atomic mass is 9.98. The molecule has 0 fully saturated rings. The number of carbonyl (C=O) groups excluding carboxylic acids is 5. The van der Waals surface area contributed by atoms with Crippen LogP contribution < -0.4 is 32.3 Å². The molecule has 4 atom stereocenters. The molecule has 0 aliphatic carbocycles. The van der Waals surface area contributed by atoms with Gasteiger partial charge in [0.15, 0.2) is 0 Å². The van der Waals surface area contributed by atoms with Crippen LogP contribution in [0.15, 0.2) is 0 Å². The number of nitrogens with one attached hydrogen (secondary N) is 5. The first-order valence-corrected chi connectivity index (χ1v) is 12.6. The lowest BCUT2D eigenvalue weighted by Gasteiger charge is -2.28. The van der Waals surface area contributed by atoms with Gasteiger partial charge in [-0.2, -0.15) is 0 Å². The van der Waals surface area contributed by atoms with Crippen LogP contribution in [0.2, 0.25) is 0 Å². The zero-order valence-electron chi connectivity index (χ0n) is 23.0. The van der Waals surface area contributed by atoms with Gasteiger partial charge in [-0.25, -0.2) is 4.79 Å². The van der Waals surface area contributed by atoms with Gasteiger partial charge in [0.1, 0.15) is 24.2 Å². The van der Waals surface area contributed by atoms with Gasteiger partial charge >= 0.3 is 5.97 Å². The summed E-state index contributed by atoms with van der Waals surface area (Å²) in [6, 6.07) is -4.74. The Bertz CT molecular complexity index is 833. The molecule has 0 rings (SSSR count). The van der Waals surface area contributed by atoms with Crippen LogP contribution in [0, 0.1) is 17.8 Å². The lowest BCUT2D eigenvalue weighted by Crippen LogP contribution is -2.59. The SMILES string of the molecule is CC(C)C[C@H](NC(=O)[C@@H](NC(=O)[C@H](CC(C)C)NC(=O)[C@H](CO)NC(=O)CNC(=O)CN)C(C)C)C(=O)O. The average Bonchev–Trinajstić information content (AvgIpc) is 2.81. The first kappa shape index (κ1) is 34.7. The second kappa shape index (κ2) is 17.3. The van der Waals surface area contributed by atoms with E-state index in [-0.39, 0.29) is 31.2 Å². The van der Waals surface area contributed by atoms with Gasteiger partial charge in [0.2, 0.25) is 29.5 Å². The molecule has 0 spiro atoms. The molecule has 218 valence electrons. The van der Waals surface area contributed by atoms with E-state index in [9.17, 15) is 39.0 Å². The summed E-state index contributed by atoms with van der Waals surface area (Å²) >= 11 is 0. The van der Waals surface area contributed by atoms with E-state index < -0.39 is 78.7 Å². The number of nitrogens with two attached hydrogens (primary N) is 1. The van der Waals surface area contributed by atoms with Crippen LogP contribution in [0.3, 0.4) is 0 Å². The van der Waals surface area contributed by atoms with Crippen LogP contribution in [0.25, 0.3) is 0 Å². The Labute approximate surface area is 223 Å². The molecule has 5 amide bonds. The van der Waals surface area contributed by atoms with Crippen molar-refractivity contribution in [2.24, 2.45) is 23.5 Å². The second-order valence-corrected chi connectivity index (χ2v) is 10.2. The maximum absolute atomic E-state index is 13.1. The molecule has 0 heterocycles. The van der Waals surface area contributed by atoms with E-state index >= 15 is 0 Å². The van der Waals surface area contributed by atoms with E-state index in [0.717, 1.165) is 0 Å². The van der Waals surface area contributed by atoms with Crippen LogP contribution in [-0.2, 0) is 28.8 Å². The van der Waals surface area contributed by atoms with Crippen LogP contribution in [0.1, 0.15) is 54.4 Å². The minimum absolute atomic E-state index is 0.00557. The fraction of sp³-hybridized carbons (Fsp3) is 0.750. The van der Waals surface area contributed by atoms with E-state index in [2.05, 4.69) is 26.6 Å². The molecule has 0 aromatic carbocycles. The number of aliphatic hydroxyl groups excluding tert-OH is 1. The highest BCUT2D eigenvalue weighted by molar-refractivity contribution is 5.95. The summed E-state index contributed by atoms with van der Waals surface area (Å²) in [5, 5.41) is 31.1. The first-order chi connectivity index (χ1) is 17.6. The fourth-order valence-corrected chi connectivity index (χ4v) is 3.41. The molecule has 14 heteroatoms. The van der Waals surface area contributed by atoms with Gasteiger partial charge in [-0.3, -0.25) is 24.0 Å². The van der Waals surface area contributed by atoms with Crippen molar-refractivity contribution in [2.75, 3.05) is 19.7 Å². The van der Waals surface area contributed by atoms with Gasteiger partial charge in [-0.15, -0.1) is 0 Å². The number of aliphatic carboxylic acids is 1. The Balaban J connectivity index is 5.50. The largest absolute Gasteiger partial charge is 0.480 e. The number of hydrogen-bond acceptors (Lipinski definition) is 8. The molecular formula is C24H44N6O8. The lowest BCUT2D eigenvalue weighted by molar-refractivity contribution is -0.143. The molecular weight excluding hydrogens is 500 g/mol. The van der Waals surface area contributed by atoms with Gasteiger partial charge in [-0.05, 0) is 30.6 Å². The zero-order chi connectivity index (χ0) is 29.6. The van der Waals surface area contributed by atoms with E-state index in [0.29, 0.717) is 0 Å². The number of aliphatic hydroxyl groups is 1. The van der Waals surface area contributed by atoms with Gasteiger partial charge in [0.25, 0.3) is 0 Å². The molecule has 0 aromatic rings. The van der Waals surface area contributed by atoms with Crippen LogP contribution in [0.5, 0.6) is 0 Å². The summed E-state index contributed by atoms with van der Waals surface area (Å²) in [4.78, 5) is 73.6. The van der Waals surface area contributed by atoms with Crippen molar-refractivity contribution in [2.45, 2.75) is 78.6 Å². The highest BCUT2D eigenvalue weighted by atomic mass is 16.4. The molecule has 38 heavy (non-hydrogen) atoms. The minimum atomic E-state index is -1.41. The Morgan fingerprint density at radius 1 is 0.684 bits per heavy atom. The molecule has 0 aliphatic rings. The predicted octanol–water partition coefficient (Wildman–Crippen LogP) is -2.17. The maximum atomic E-state index is 13.1. The molecule has 0 unspecified atom stereocenters. The minimum Gasteiger partial charge on any atom is -0.480 e. The number of rotatable bonds is 17. The monoisotopic (exact) mass is 544 g/mol. The summed E-state index contributed by atoms with van der Waals surface area (Å²) in [6.45, 7) is 9.06. The summed E-state index contributed by atoms with van der Waals surface area (Å²) in [5.74, 6) is -5.19. The summed E-state index contributed by atoms with van der Waals surface area (Å²) in [6.07, 6.45) is 0.379. The normalized spacial score (nSPS) is 14.3. The summed E-state index contributed by atoms with van der Waals surface area (Å²) in [5.41, 5.74) is 5.15. The number of hydrogen-bond donors (Lipinski definition) is 8. The van der Waals surface area contributed by atoms with E-state index in [1.165, 1.54) is 0 Å². The number of carbonyl (C=O) groups is 6. The molecule has 0 saturated heterocycles. The quantitative estimate of drug-likeness (QED) is 0.0994.